The van der Waals surface area contributed by atoms with Crippen molar-refractivity contribution >= 4 is 11.8 Å². The van der Waals surface area contributed by atoms with E-state index in [2.05, 4.69) is 9.89 Å². The zero-order valence-electron chi connectivity index (χ0n) is 13.5. The summed E-state index contributed by atoms with van der Waals surface area (Å²) in [4.78, 5) is 6.77. The SMILES string of the molecule is c1ccc2c(c1)COC(Oc1ccc(OCCN3CCC3)cc1)=N2. The number of benzene rings is 2. The van der Waals surface area contributed by atoms with Crippen LogP contribution in [0.2, 0.25) is 0 Å². The number of aliphatic imine (C=N–C) groups is 1. The van der Waals surface area contributed by atoms with Crippen LogP contribution in [0.3, 0.4) is 0 Å². The smallest absolute Gasteiger partial charge is 0.394 e. The standard InChI is InChI=1S/C19H20N2O3/c1-2-5-18-15(4-1)14-23-19(20-18)24-17-8-6-16(7-9-17)22-13-12-21-10-3-11-21/h1-2,4-9H,3,10-14H2. The van der Waals surface area contributed by atoms with Crippen molar-refractivity contribution in [3.05, 3.63) is 54.1 Å². The van der Waals surface area contributed by atoms with E-state index in [0.29, 0.717) is 19.0 Å². The predicted molar refractivity (Wildman–Crippen MR) is 91.9 cm³/mol. The Morgan fingerprint density at radius 3 is 2.58 bits per heavy atom. The van der Waals surface area contributed by atoms with Crippen LogP contribution in [0.15, 0.2) is 53.5 Å². The molecular formula is C19H20N2O3. The molecule has 2 heterocycles. The molecule has 0 spiro atoms. The van der Waals surface area contributed by atoms with Crippen LogP contribution in [0, 0.1) is 0 Å². The highest BCUT2D eigenvalue weighted by molar-refractivity contribution is 5.76. The lowest BCUT2D eigenvalue weighted by atomic mass is 10.2. The molecule has 5 heteroatoms. The normalized spacial score (nSPS) is 16.4. The molecule has 2 aromatic carbocycles. The first-order valence-corrected chi connectivity index (χ1v) is 8.29. The Bertz CT molecular complexity index is 724. The summed E-state index contributed by atoms with van der Waals surface area (Å²) < 4.78 is 17.0. The predicted octanol–water partition coefficient (Wildman–Crippen LogP) is 3.37. The van der Waals surface area contributed by atoms with Gasteiger partial charge in [0.1, 0.15) is 24.7 Å². The molecule has 0 unspecified atom stereocenters. The lowest BCUT2D eigenvalue weighted by molar-refractivity contribution is 0.147. The number of ether oxygens (including phenoxy) is 3. The third kappa shape index (κ3) is 3.51. The van der Waals surface area contributed by atoms with Crippen molar-refractivity contribution in [2.24, 2.45) is 4.99 Å². The molecule has 0 bridgehead atoms. The molecule has 5 nitrogen and oxygen atoms in total. The molecule has 124 valence electrons. The minimum Gasteiger partial charge on any atom is -0.492 e. The molecule has 2 aliphatic rings. The number of hydrogen-bond acceptors (Lipinski definition) is 5. The molecule has 0 saturated carbocycles. The monoisotopic (exact) mass is 324 g/mol. The summed E-state index contributed by atoms with van der Waals surface area (Å²) in [6.45, 7) is 4.57. The van der Waals surface area contributed by atoms with Gasteiger partial charge in [0.25, 0.3) is 0 Å². The number of rotatable bonds is 5. The van der Waals surface area contributed by atoms with Gasteiger partial charge in [-0.05, 0) is 49.8 Å². The number of para-hydroxylation sites is 1. The van der Waals surface area contributed by atoms with E-state index in [1.165, 1.54) is 19.5 Å². The van der Waals surface area contributed by atoms with E-state index in [1.807, 2.05) is 48.5 Å². The van der Waals surface area contributed by atoms with Gasteiger partial charge in [-0.25, -0.2) is 0 Å². The van der Waals surface area contributed by atoms with Gasteiger partial charge in [0.2, 0.25) is 0 Å². The number of hydrogen-bond donors (Lipinski definition) is 0. The van der Waals surface area contributed by atoms with Gasteiger partial charge in [0.05, 0.1) is 5.69 Å². The molecule has 0 aliphatic carbocycles. The Morgan fingerprint density at radius 2 is 1.79 bits per heavy atom. The van der Waals surface area contributed by atoms with Crippen LogP contribution in [0.25, 0.3) is 0 Å². The summed E-state index contributed by atoms with van der Waals surface area (Å²) in [7, 11) is 0. The van der Waals surface area contributed by atoms with Crippen molar-refractivity contribution in [1.29, 1.82) is 0 Å². The lowest BCUT2D eigenvalue weighted by Crippen LogP contribution is -2.39. The molecule has 24 heavy (non-hydrogen) atoms. The van der Waals surface area contributed by atoms with Gasteiger partial charge < -0.3 is 14.2 Å². The van der Waals surface area contributed by atoms with E-state index in [-0.39, 0.29) is 6.08 Å². The molecule has 0 amide bonds. The van der Waals surface area contributed by atoms with Gasteiger partial charge >= 0.3 is 6.08 Å². The largest absolute Gasteiger partial charge is 0.492 e. The summed E-state index contributed by atoms with van der Waals surface area (Å²) in [5.74, 6) is 1.53. The zero-order chi connectivity index (χ0) is 16.2. The second-order valence-electron chi connectivity index (χ2n) is 5.91. The number of fused-ring (bicyclic) bond motifs is 1. The molecule has 2 aromatic rings. The number of nitrogens with zero attached hydrogens (tertiary/aromatic N) is 2. The summed E-state index contributed by atoms with van der Waals surface area (Å²) in [5.41, 5.74) is 1.96. The summed E-state index contributed by atoms with van der Waals surface area (Å²) in [6, 6.07) is 15.4. The highest BCUT2D eigenvalue weighted by Crippen LogP contribution is 2.25. The van der Waals surface area contributed by atoms with Gasteiger partial charge in [-0.2, -0.15) is 4.99 Å². The topological polar surface area (TPSA) is 43.3 Å². The first-order valence-electron chi connectivity index (χ1n) is 8.29. The third-order valence-corrected chi connectivity index (χ3v) is 4.21. The van der Waals surface area contributed by atoms with Crippen LogP contribution >= 0.6 is 0 Å². The molecule has 4 rings (SSSR count). The van der Waals surface area contributed by atoms with Crippen LogP contribution in [0.1, 0.15) is 12.0 Å². The van der Waals surface area contributed by atoms with E-state index in [0.717, 1.165) is 23.5 Å². The molecule has 0 N–H and O–H groups in total. The third-order valence-electron chi connectivity index (χ3n) is 4.21. The van der Waals surface area contributed by atoms with Gasteiger partial charge in [-0.15, -0.1) is 0 Å². The lowest BCUT2D eigenvalue weighted by Gasteiger charge is -2.30. The summed E-state index contributed by atoms with van der Waals surface area (Å²) in [6.07, 6.45) is 1.59. The fraction of sp³-hybridized carbons (Fsp3) is 0.316. The summed E-state index contributed by atoms with van der Waals surface area (Å²) in [5, 5.41) is 0. The highest BCUT2D eigenvalue weighted by atomic mass is 16.7. The van der Waals surface area contributed by atoms with Crippen molar-refractivity contribution in [2.75, 3.05) is 26.2 Å². The van der Waals surface area contributed by atoms with E-state index < -0.39 is 0 Å². The Balaban J connectivity index is 1.33. The van der Waals surface area contributed by atoms with E-state index in [9.17, 15) is 0 Å². The van der Waals surface area contributed by atoms with Crippen molar-refractivity contribution in [3.8, 4) is 11.5 Å². The maximum absolute atomic E-state index is 5.75. The minimum absolute atomic E-state index is 0.278. The molecule has 1 saturated heterocycles. The van der Waals surface area contributed by atoms with E-state index >= 15 is 0 Å². The van der Waals surface area contributed by atoms with E-state index in [4.69, 9.17) is 14.2 Å². The molecule has 0 aromatic heterocycles. The second kappa shape index (κ2) is 6.93. The average Bonchev–Trinajstić information content (AvgIpc) is 2.58. The fourth-order valence-corrected chi connectivity index (χ4v) is 2.67. The van der Waals surface area contributed by atoms with Crippen molar-refractivity contribution in [1.82, 2.24) is 4.90 Å². The Morgan fingerprint density at radius 1 is 1.00 bits per heavy atom. The maximum Gasteiger partial charge on any atom is 0.394 e. The van der Waals surface area contributed by atoms with Crippen molar-refractivity contribution < 1.29 is 14.2 Å². The Hall–Kier alpha value is -2.53. The highest BCUT2D eigenvalue weighted by Gasteiger charge is 2.15. The minimum atomic E-state index is 0.278. The van der Waals surface area contributed by atoms with Crippen LogP contribution < -0.4 is 9.47 Å². The van der Waals surface area contributed by atoms with Gasteiger partial charge in [-0.1, -0.05) is 18.2 Å². The molecule has 2 aliphatic heterocycles. The van der Waals surface area contributed by atoms with Crippen LogP contribution in [-0.4, -0.2) is 37.2 Å². The van der Waals surface area contributed by atoms with Gasteiger partial charge in [0.15, 0.2) is 0 Å². The van der Waals surface area contributed by atoms with Crippen LogP contribution in [0.5, 0.6) is 11.5 Å². The summed E-state index contributed by atoms with van der Waals surface area (Å²) >= 11 is 0. The first kappa shape index (κ1) is 15.0. The molecule has 0 atom stereocenters. The zero-order valence-corrected chi connectivity index (χ0v) is 13.5. The van der Waals surface area contributed by atoms with Gasteiger partial charge in [-0.3, -0.25) is 4.90 Å². The second-order valence-corrected chi connectivity index (χ2v) is 5.91. The Labute approximate surface area is 141 Å². The van der Waals surface area contributed by atoms with Crippen LogP contribution in [0.4, 0.5) is 5.69 Å². The Kier molecular flexibility index (Phi) is 4.34. The fourth-order valence-electron chi connectivity index (χ4n) is 2.67. The number of likely N-dealkylation sites (tertiary alicyclic amines) is 1. The first-order chi connectivity index (χ1) is 11.9. The quantitative estimate of drug-likeness (QED) is 0.846. The maximum atomic E-state index is 5.75. The van der Waals surface area contributed by atoms with Gasteiger partial charge in [0, 0.05) is 12.1 Å². The average molecular weight is 324 g/mol. The molecule has 1 fully saturated rings. The van der Waals surface area contributed by atoms with Crippen LogP contribution in [-0.2, 0) is 11.3 Å². The van der Waals surface area contributed by atoms with Crippen molar-refractivity contribution in [2.45, 2.75) is 13.0 Å². The molecule has 0 radical (unpaired) electrons. The molecular weight excluding hydrogens is 304 g/mol. The van der Waals surface area contributed by atoms with E-state index in [1.54, 1.807) is 0 Å². The van der Waals surface area contributed by atoms with Crippen molar-refractivity contribution in [3.63, 3.8) is 0 Å².